The lowest BCUT2D eigenvalue weighted by Crippen LogP contribution is -1.95. The molecule has 0 amide bonds. The second kappa shape index (κ2) is 5.92. The average Bonchev–Trinajstić information content (AvgIpc) is 2.88. The Labute approximate surface area is 107 Å². The highest BCUT2D eigenvalue weighted by Gasteiger charge is 1.98. The first-order chi connectivity index (χ1) is 8.74. The maximum Gasteiger partial charge on any atom is 0.328 e. The molecule has 2 aromatic rings. The molecule has 0 atom stereocenters. The van der Waals surface area contributed by atoms with Crippen LogP contribution in [0.5, 0.6) is 5.75 Å². The van der Waals surface area contributed by atoms with Gasteiger partial charge in [-0.05, 0) is 18.2 Å². The second-order valence-electron chi connectivity index (χ2n) is 3.30. The van der Waals surface area contributed by atoms with E-state index in [2.05, 4.69) is 9.97 Å². The molecule has 0 aliphatic heterocycles. The summed E-state index contributed by atoms with van der Waals surface area (Å²) < 4.78 is 5.48. The summed E-state index contributed by atoms with van der Waals surface area (Å²) in [5.74, 6) is -0.376. The van der Waals surface area contributed by atoms with Crippen molar-refractivity contribution in [2.24, 2.45) is 0 Å². The van der Waals surface area contributed by atoms with E-state index in [0.29, 0.717) is 18.1 Å². The first kappa shape index (κ1) is 12.3. The van der Waals surface area contributed by atoms with Gasteiger partial charge in [0.05, 0.1) is 11.9 Å². The van der Waals surface area contributed by atoms with Crippen molar-refractivity contribution >= 4 is 23.4 Å². The van der Waals surface area contributed by atoms with Gasteiger partial charge in [0.15, 0.2) is 0 Å². The minimum Gasteiger partial charge on any atom is -0.485 e. The molecule has 2 heterocycles. The van der Waals surface area contributed by atoms with Crippen molar-refractivity contribution < 1.29 is 14.6 Å². The molecule has 0 aliphatic carbocycles. The number of ether oxygens (including phenoxy) is 1. The predicted octanol–water partition coefficient (Wildman–Crippen LogP) is 2.21. The molecule has 0 saturated heterocycles. The summed E-state index contributed by atoms with van der Waals surface area (Å²) >= 11 is 1.52. The van der Waals surface area contributed by atoms with Gasteiger partial charge in [-0.3, -0.25) is 4.98 Å². The first-order valence-corrected chi connectivity index (χ1v) is 6.00. The van der Waals surface area contributed by atoms with E-state index in [4.69, 9.17) is 9.84 Å². The molecule has 0 fully saturated rings. The Morgan fingerprint density at radius 2 is 2.33 bits per heavy atom. The highest BCUT2D eigenvalue weighted by Crippen LogP contribution is 2.13. The standard InChI is InChI=1S/C12H10N2O3S/c15-12(16)4-2-9-1-3-10(7-14-9)17-8-11-13-5-6-18-11/h1-7H,8H2,(H,15,16). The van der Waals surface area contributed by atoms with Gasteiger partial charge in [-0.2, -0.15) is 0 Å². The zero-order valence-electron chi connectivity index (χ0n) is 9.31. The number of carboxylic acids is 1. The van der Waals surface area contributed by atoms with Crippen LogP contribution in [0.3, 0.4) is 0 Å². The van der Waals surface area contributed by atoms with Crippen LogP contribution in [0.2, 0.25) is 0 Å². The largest absolute Gasteiger partial charge is 0.485 e. The van der Waals surface area contributed by atoms with Crippen molar-refractivity contribution in [2.75, 3.05) is 0 Å². The average molecular weight is 262 g/mol. The minimum absolute atomic E-state index is 0.406. The molecule has 92 valence electrons. The lowest BCUT2D eigenvalue weighted by molar-refractivity contribution is -0.131. The summed E-state index contributed by atoms with van der Waals surface area (Å²) in [4.78, 5) is 18.5. The molecule has 5 nitrogen and oxygen atoms in total. The highest BCUT2D eigenvalue weighted by molar-refractivity contribution is 7.09. The number of carbonyl (C=O) groups is 1. The van der Waals surface area contributed by atoms with Crippen LogP contribution in [-0.2, 0) is 11.4 Å². The van der Waals surface area contributed by atoms with E-state index < -0.39 is 5.97 Å². The van der Waals surface area contributed by atoms with Gasteiger partial charge in [-0.15, -0.1) is 11.3 Å². The van der Waals surface area contributed by atoms with Gasteiger partial charge in [-0.25, -0.2) is 9.78 Å². The maximum atomic E-state index is 10.3. The molecule has 0 aromatic carbocycles. The van der Waals surface area contributed by atoms with Crippen LogP contribution in [0.25, 0.3) is 6.08 Å². The molecule has 0 aliphatic rings. The van der Waals surface area contributed by atoms with Gasteiger partial charge in [0.25, 0.3) is 0 Å². The van der Waals surface area contributed by atoms with E-state index in [1.807, 2.05) is 5.38 Å². The molecular weight excluding hydrogens is 252 g/mol. The molecule has 1 N–H and O–H groups in total. The monoisotopic (exact) mass is 262 g/mol. The fourth-order valence-electron chi connectivity index (χ4n) is 1.20. The summed E-state index contributed by atoms with van der Waals surface area (Å²) in [5, 5.41) is 11.3. The Morgan fingerprint density at radius 3 is 2.94 bits per heavy atom. The fraction of sp³-hybridized carbons (Fsp3) is 0.0833. The molecule has 0 bridgehead atoms. The smallest absolute Gasteiger partial charge is 0.328 e. The molecule has 18 heavy (non-hydrogen) atoms. The fourth-order valence-corrected chi connectivity index (χ4v) is 1.73. The number of aromatic nitrogens is 2. The van der Waals surface area contributed by atoms with E-state index in [-0.39, 0.29) is 0 Å². The molecule has 2 aromatic heterocycles. The van der Waals surface area contributed by atoms with Crippen molar-refractivity contribution in [2.45, 2.75) is 6.61 Å². The third kappa shape index (κ3) is 3.67. The first-order valence-electron chi connectivity index (χ1n) is 5.12. The van der Waals surface area contributed by atoms with Crippen LogP contribution < -0.4 is 4.74 Å². The number of carboxylic acid groups (broad SMARTS) is 1. The third-order valence-corrected chi connectivity index (χ3v) is 2.75. The topological polar surface area (TPSA) is 72.3 Å². The summed E-state index contributed by atoms with van der Waals surface area (Å²) in [6.07, 6.45) is 5.74. The summed E-state index contributed by atoms with van der Waals surface area (Å²) in [7, 11) is 0. The van der Waals surface area contributed by atoms with E-state index in [9.17, 15) is 4.79 Å². The molecule has 6 heteroatoms. The Balaban J connectivity index is 1.93. The van der Waals surface area contributed by atoms with E-state index in [1.54, 1.807) is 24.5 Å². The van der Waals surface area contributed by atoms with Gasteiger partial charge in [0.2, 0.25) is 0 Å². The third-order valence-electron chi connectivity index (χ3n) is 2.00. The number of pyridine rings is 1. The molecule has 0 spiro atoms. The number of hydrogen-bond acceptors (Lipinski definition) is 5. The maximum absolute atomic E-state index is 10.3. The normalized spacial score (nSPS) is 10.7. The van der Waals surface area contributed by atoms with Gasteiger partial charge < -0.3 is 9.84 Å². The number of thiazole rings is 1. The van der Waals surface area contributed by atoms with Crippen molar-refractivity contribution in [1.29, 1.82) is 0 Å². The summed E-state index contributed by atoms with van der Waals surface area (Å²) in [5.41, 5.74) is 0.569. The van der Waals surface area contributed by atoms with Crippen LogP contribution >= 0.6 is 11.3 Å². The van der Waals surface area contributed by atoms with E-state index in [0.717, 1.165) is 11.1 Å². The molecule has 0 unspecified atom stereocenters. The van der Waals surface area contributed by atoms with Crippen molar-refractivity contribution in [1.82, 2.24) is 9.97 Å². The van der Waals surface area contributed by atoms with Crippen molar-refractivity contribution in [3.8, 4) is 5.75 Å². The zero-order chi connectivity index (χ0) is 12.8. The predicted molar refractivity (Wildman–Crippen MR) is 67.4 cm³/mol. The Hall–Kier alpha value is -2.21. The number of rotatable bonds is 5. The van der Waals surface area contributed by atoms with E-state index >= 15 is 0 Å². The number of hydrogen-bond donors (Lipinski definition) is 1. The van der Waals surface area contributed by atoms with Gasteiger partial charge in [0.1, 0.15) is 17.4 Å². The van der Waals surface area contributed by atoms with Crippen LogP contribution in [0, 0.1) is 0 Å². The second-order valence-corrected chi connectivity index (χ2v) is 4.28. The lowest BCUT2D eigenvalue weighted by Gasteiger charge is -2.03. The van der Waals surface area contributed by atoms with Crippen molar-refractivity contribution in [3.05, 3.63) is 46.7 Å². The number of aliphatic carboxylic acids is 1. The van der Waals surface area contributed by atoms with Crippen LogP contribution in [-0.4, -0.2) is 21.0 Å². The zero-order valence-corrected chi connectivity index (χ0v) is 10.1. The van der Waals surface area contributed by atoms with Crippen LogP contribution in [0.1, 0.15) is 10.7 Å². The van der Waals surface area contributed by atoms with Crippen molar-refractivity contribution in [3.63, 3.8) is 0 Å². The summed E-state index contributed by atoms with van der Waals surface area (Å²) in [6.45, 7) is 0.406. The SMILES string of the molecule is O=C(O)C=Cc1ccc(OCc2nccs2)cn1. The Bertz CT molecular complexity index is 535. The van der Waals surface area contributed by atoms with Gasteiger partial charge in [-0.1, -0.05) is 0 Å². The quantitative estimate of drug-likeness (QED) is 0.836. The molecule has 0 radical (unpaired) electrons. The minimum atomic E-state index is -0.999. The van der Waals surface area contributed by atoms with Gasteiger partial charge in [0, 0.05) is 17.7 Å². The Kier molecular flexibility index (Phi) is 4.03. The molecule has 2 rings (SSSR count). The lowest BCUT2D eigenvalue weighted by atomic mass is 10.3. The summed E-state index contributed by atoms with van der Waals surface area (Å²) in [6, 6.07) is 3.43. The van der Waals surface area contributed by atoms with E-state index in [1.165, 1.54) is 17.4 Å². The molecule has 0 saturated carbocycles. The Morgan fingerprint density at radius 1 is 1.44 bits per heavy atom. The number of nitrogens with zero attached hydrogens (tertiary/aromatic N) is 2. The highest BCUT2D eigenvalue weighted by atomic mass is 32.1. The van der Waals surface area contributed by atoms with Crippen LogP contribution in [0.15, 0.2) is 36.0 Å². The molecular formula is C12H10N2O3S. The van der Waals surface area contributed by atoms with Crippen LogP contribution in [0.4, 0.5) is 0 Å². The van der Waals surface area contributed by atoms with Gasteiger partial charge >= 0.3 is 5.97 Å².